The van der Waals surface area contributed by atoms with Crippen molar-refractivity contribution in [3.63, 3.8) is 0 Å². The van der Waals surface area contributed by atoms with E-state index >= 15 is 0 Å². The summed E-state index contributed by atoms with van der Waals surface area (Å²) in [4.78, 5) is 8.81. The van der Waals surface area contributed by atoms with Gasteiger partial charge in [-0.3, -0.25) is 9.67 Å². The van der Waals surface area contributed by atoms with Crippen LogP contribution in [-0.2, 0) is 6.54 Å². The van der Waals surface area contributed by atoms with Crippen LogP contribution in [0.25, 0.3) is 22.5 Å². The fraction of sp³-hybridized carbons (Fsp3) is 0.190. The van der Waals surface area contributed by atoms with Crippen LogP contribution in [0.5, 0.6) is 0 Å². The first-order valence-electron chi connectivity index (χ1n) is 9.12. The molecule has 136 valence electrons. The van der Waals surface area contributed by atoms with Crippen molar-refractivity contribution in [2.75, 3.05) is 0 Å². The summed E-state index contributed by atoms with van der Waals surface area (Å²) in [6.07, 6.45) is 5.86. The molecule has 1 aromatic carbocycles. The first-order valence-corrected chi connectivity index (χ1v) is 9.12. The Balaban J connectivity index is 1.40. The Kier molecular flexibility index (Phi) is 3.95. The number of pyridine rings is 1. The second kappa shape index (κ2) is 6.74. The van der Waals surface area contributed by atoms with Gasteiger partial charge >= 0.3 is 0 Å². The summed E-state index contributed by atoms with van der Waals surface area (Å²) >= 11 is 0. The third kappa shape index (κ3) is 3.16. The zero-order chi connectivity index (χ0) is 18.9. The third-order valence-electron chi connectivity index (χ3n) is 4.71. The van der Waals surface area contributed by atoms with E-state index in [1.54, 1.807) is 23.0 Å². The zero-order valence-electron chi connectivity index (χ0n) is 15.0. The van der Waals surface area contributed by atoms with E-state index in [0.717, 1.165) is 35.6 Å². The minimum absolute atomic E-state index is 0.446. The molecule has 3 heterocycles. The SMILES string of the molecule is N#Cc1cccnc1-c1cccc(-c2ccn(Cc3noc(C4CC4)n3)n2)c1. The predicted molar refractivity (Wildman–Crippen MR) is 101 cm³/mol. The molecule has 0 unspecified atom stereocenters. The van der Waals surface area contributed by atoms with E-state index in [1.807, 2.05) is 36.5 Å². The van der Waals surface area contributed by atoms with E-state index in [9.17, 15) is 5.26 Å². The van der Waals surface area contributed by atoms with Gasteiger partial charge in [-0.15, -0.1) is 0 Å². The fourth-order valence-electron chi connectivity index (χ4n) is 3.13. The summed E-state index contributed by atoms with van der Waals surface area (Å²) in [7, 11) is 0. The number of hydrogen-bond donors (Lipinski definition) is 0. The van der Waals surface area contributed by atoms with Crippen molar-refractivity contribution in [3.05, 3.63) is 72.1 Å². The number of rotatable bonds is 5. The van der Waals surface area contributed by atoms with Gasteiger partial charge in [0.25, 0.3) is 0 Å². The van der Waals surface area contributed by atoms with Crippen LogP contribution in [0.15, 0.2) is 59.4 Å². The van der Waals surface area contributed by atoms with Crippen molar-refractivity contribution >= 4 is 0 Å². The Hall–Kier alpha value is -3.79. The van der Waals surface area contributed by atoms with Gasteiger partial charge < -0.3 is 4.52 Å². The molecule has 0 aliphatic heterocycles. The second-order valence-corrected chi connectivity index (χ2v) is 6.81. The van der Waals surface area contributed by atoms with Crippen molar-refractivity contribution in [3.8, 4) is 28.6 Å². The van der Waals surface area contributed by atoms with E-state index in [2.05, 4.69) is 26.3 Å². The highest BCUT2D eigenvalue weighted by atomic mass is 16.5. The van der Waals surface area contributed by atoms with Crippen molar-refractivity contribution in [1.82, 2.24) is 24.9 Å². The maximum absolute atomic E-state index is 9.32. The Bertz CT molecular complexity index is 1180. The number of benzene rings is 1. The quantitative estimate of drug-likeness (QED) is 0.532. The van der Waals surface area contributed by atoms with Crippen molar-refractivity contribution < 1.29 is 4.52 Å². The fourth-order valence-corrected chi connectivity index (χ4v) is 3.13. The van der Waals surface area contributed by atoms with Crippen LogP contribution in [0.3, 0.4) is 0 Å². The molecule has 1 aliphatic carbocycles. The zero-order valence-corrected chi connectivity index (χ0v) is 15.0. The summed E-state index contributed by atoms with van der Waals surface area (Å²) in [5.41, 5.74) is 3.90. The molecule has 1 saturated carbocycles. The van der Waals surface area contributed by atoms with Crippen molar-refractivity contribution in [1.29, 1.82) is 5.26 Å². The highest BCUT2D eigenvalue weighted by Gasteiger charge is 2.29. The molecular formula is C21H16N6O. The Morgan fingerprint density at radius 3 is 2.89 bits per heavy atom. The van der Waals surface area contributed by atoms with Gasteiger partial charge in [0, 0.05) is 29.4 Å². The largest absolute Gasteiger partial charge is 0.339 e. The number of nitriles is 1. The maximum atomic E-state index is 9.32. The topological polar surface area (TPSA) is 93.4 Å². The van der Waals surface area contributed by atoms with Gasteiger partial charge in [-0.25, -0.2) is 0 Å². The molecule has 28 heavy (non-hydrogen) atoms. The summed E-state index contributed by atoms with van der Waals surface area (Å²) in [5, 5.41) is 18.0. The molecule has 7 nitrogen and oxygen atoms in total. The van der Waals surface area contributed by atoms with Gasteiger partial charge in [0.05, 0.1) is 17.0 Å². The molecule has 0 spiro atoms. The van der Waals surface area contributed by atoms with Crippen molar-refractivity contribution in [2.24, 2.45) is 0 Å². The normalized spacial score (nSPS) is 13.4. The molecule has 1 aliphatic rings. The smallest absolute Gasteiger partial charge is 0.229 e. The van der Waals surface area contributed by atoms with Crippen LogP contribution >= 0.6 is 0 Å². The molecule has 0 atom stereocenters. The molecule has 0 radical (unpaired) electrons. The molecule has 7 heteroatoms. The predicted octanol–water partition coefficient (Wildman–Crippen LogP) is 3.79. The summed E-state index contributed by atoms with van der Waals surface area (Å²) in [6.45, 7) is 0.467. The van der Waals surface area contributed by atoms with E-state index in [4.69, 9.17) is 4.52 Å². The highest BCUT2D eigenvalue weighted by molar-refractivity contribution is 5.72. The average molecular weight is 368 g/mol. The number of hydrogen-bond acceptors (Lipinski definition) is 6. The molecule has 0 N–H and O–H groups in total. The highest BCUT2D eigenvalue weighted by Crippen LogP contribution is 2.38. The van der Waals surface area contributed by atoms with Crippen molar-refractivity contribution in [2.45, 2.75) is 25.3 Å². The van der Waals surface area contributed by atoms with Gasteiger partial charge in [-0.2, -0.15) is 15.3 Å². The molecule has 3 aromatic heterocycles. The minimum atomic E-state index is 0.446. The molecular weight excluding hydrogens is 352 g/mol. The lowest BCUT2D eigenvalue weighted by Gasteiger charge is -2.05. The lowest BCUT2D eigenvalue weighted by Crippen LogP contribution is -2.02. The average Bonchev–Trinajstić information content (AvgIpc) is 3.31. The maximum Gasteiger partial charge on any atom is 0.229 e. The lowest BCUT2D eigenvalue weighted by atomic mass is 10.0. The monoisotopic (exact) mass is 368 g/mol. The summed E-state index contributed by atoms with van der Waals surface area (Å²) in [6, 6.07) is 15.6. The first-order chi connectivity index (χ1) is 13.8. The minimum Gasteiger partial charge on any atom is -0.339 e. The molecule has 4 aromatic rings. The Morgan fingerprint density at radius 2 is 2.04 bits per heavy atom. The van der Waals surface area contributed by atoms with E-state index in [0.29, 0.717) is 29.5 Å². The third-order valence-corrected chi connectivity index (χ3v) is 4.71. The Morgan fingerprint density at radius 1 is 1.14 bits per heavy atom. The molecule has 5 rings (SSSR count). The molecule has 0 saturated heterocycles. The van der Waals surface area contributed by atoms with Gasteiger partial charge in [0.1, 0.15) is 12.6 Å². The second-order valence-electron chi connectivity index (χ2n) is 6.81. The number of aromatic nitrogens is 5. The van der Waals surface area contributed by atoms with E-state index in [1.165, 1.54) is 0 Å². The van der Waals surface area contributed by atoms with Crippen LogP contribution in [0.2, 0.25) is 0 Å². The van der Waals surface area contributed by atoms with Gasteiger partial charge in [-0.1, -0.05) is 23.4 Å². The standard InChI is InChI=1S/C21H16N6O/c22-12-17-5-2-9-23-20(17)16-4-1-3-15(11-16)18-8-10-27(25-18)13-19-24-21(28-26-19)14-6-7-14/h1-5,8-11,14H,6-7,13H2. The Labute approximate surface area is 161 Å². The number of nitrogens with zero attached hydrogens (tertiary/aromatic N) is 6. The van der Waals surface area contributed by atoms with Gasteiger partial charge in [-0.05, 0) is 37.1 Å². The van der Waals surface area contributed by atoms with Crippen LogP contribution in [0, 0.1) is 11.3 Å². The molecule has 1 fully saturated rings. The van der Waals surface area contributed by atoms with Gasteiger partial charge in [0.2, 0.25) is 5.89 Å². The molecule has 0 bridgehead atoms. The molecule has 0 amide bonds. The van der Waals surface area contributed by atoms with Crippen LogP contribution in [-0.4, -0.2) is 24.9 Å². The summed E-state index contributed by atoms with van der Waals surface area (Å²) < 4.78 is 7.10. The van der Waals surface area contributed by atoms with Crippen LogP contribution in [0.4, 0.5) is 0 Å². The van der Waals surface area contributed by atoms with E-state index < -0.39 is 0 Å². The lowest BCUT2D eigenvalue weighted by molar-refractivity contribution is 0.372. The van der Waals surface area contributed by atoms with E-state index in [-0.39, 0.29) is 0 Å². The van der Waals surface area contributed by atoms with Crippen LogP contribution < -0.4 is 0 Å². The van der Waals surface area contributed by atoms with Gasteiger partial charge in [0.15, 0.2) is 5.82 Å². The van der Waals surface area contributed by atoms with Crippen LogP contribution in [0.1, 0.15) is 36.0 Å². The summed E-state index contributed by atoms with van der Waals surface area (Å²) in [5.74, 6) is 1.82. The first kappa shape index (κ1) is 16.4.